The monoisotopic (exact) mass is 271 g/mol. The van der Waals surface area contributed by atoms with Crippen LogP contribution in [0.25, 0.3) is 0 Å². The Morgan fingerprint density at radius 1 is 1.35 bits per heavy atom. The van der Waals surface area contributed by atoms with Crippen LogP contribution in [0.3, 0.4) is 0 Å². The molecule has 102 valence electrons. The van der Waals surface area contributed by atoms with E-state index >= 15 is 0 Å². The zero-order valence-corrected chi connectivity index (χ0v) is 10.6. The molecule has 1 amide bonds. The Bertz CT molecular complexity index is 651. The fourth-order valence-corrected chi connectivity index (χ4v) is 2.14. The van der Waals surface area contributed by atoms with Gasteiger partial charge in [0.05, 0.1) is 6.54 Å². The highest BCUT2D eigenvalue weighted by molar-refractivity contribution is 5.91. The highest BCUT2D eigenvalue weighted by Gasteiger charge is 2.22. The predicted octanol–water partition coefficient (Wildman–Crippen LogP) is 0.503. The van der Waals surface area contributed by atoms with Gasteiger partial charge < -0.3 is 10.1 Å². The summed E-state index contributed by atoms with van der Waals surface area (Å²) in [5, 5.41) is 8.64. The molecule has 0 spiro atoms. The van der Waals surface area contributed by atoms with Crippen LogP contribution < -0.4 is 15.6 Å². The molecule has 6 nitrogen and oxygen atoms in total. The third-order valence-corrected chi connectivity index (χ3v) is 3.12. The molecule has 3 rings (SSSR count). The maximum atomic E-state index is 11.8. The van der Waals surface area contributed by atoms with Crippen molar-refractivity contribution >= 4 is 5.91 Å². The molecule has 2 heterocycles. The molecule has 1 aliphatic heterocycles. The number of nitrogens with zero attached hydrogens (tertiary/aromatic N) is 1. The van der Waals surface area contributed by atoms with Gasteiger partial charge in [-0.1, -0.05) is 18.2 Å². The number of nitrogens with one attached hydrogen (secondary N) is 2. The first-order chi connectivity index (χ1) is 9.72. The largest absolute Gasteiger partial charge is 0.488 e. The number of aromatic nitrogens is 2. The highest BCUT2D eigenvalue weighted by Crippen LogP contribution is 2.27. The number of amides is 1. The van der Waals surface area contributed by atoms with Crippen LogP contribution in [-0.2, 0) is 6.42 Å². The van der Waals surface area contributed by atoms with Crippen LogP contribution in [0.15, 0.2) is 41.2 Å². The topological polar surface area (TPSA) is 84.1 Å². The van der Waals surface area contributed by atoms with E-state index in [1.165, 1.54) is 12.1 Å². The molecule has 0 radical (unpaired) electrons. The summed E-state index contributed by atoms with van der Waals surface area (Å²) in [6.45, 7) is 0.397. The van der Waals surface area contributed by atoms with Crippen LogP contribution in [0.5, 0.6) is 5.75 Å². The minimum absolute atomic E-state index is 0.0703. The zero-order chi connectivity index (χ0) is 13.9. The van der Waals surface area contributed by atoms with Crippen molar-refractivity contribution < 1.29 is 9.53 Å². The van der Waals surface area contributed by atoms with E-state index in [9.17, 15) is 9.59 Å². The quantitative estimate of drug-likeness (QED) is 0.851. The SMILES string of the molecule is O=C(NCC1Cc2ccccc2O1)c1ccc(=O)[nH]n1. The first-order valence-corrected chi connectivity index (χ1v) is 6.31. The molecule has 1 aromatic heterocycles. The summed E-state index contributed by atoms with van der Waals surface area (Å²) in [5.74, 6) is 0.537. The van der Waals surface area contributed by atoms with Gasteiger partial charge in [-0.2, -0.15) is 5.10 Å². The van der Waals surface area contributed by atoms with Gasteiger partial charge in [0.15, 0.2) is 0 Å². The second kappa shape index (κ2) is 5.16. The zero-order valence-electron chi connectivity index (χ0n) is 10.6. The third-order valence-electron chi connectivity index (χ3n) is 3.12. The molecule has 1 atom stereocenters. The number of hydrogen-bond acceptors (Lipinski definition) is 4. The normalized spacial score (nSPS) is 16.3. The van der Waals surface area contributed by atoms with E-state index in [0.717, 1.165) is 17.7 Å². The smallest absolute Gasteiger partial charge is 0.271 e. The van der Waals surface area contributed by atoms with Crippen molar-refractivity contribution in [2.45, 2.75) is 12.5 Å². The van der Waals surface area contributed by atoms with Gasteiger partial charge in [0.2, 0.25) is 0 Å². The van der Waals surface area contributed by atoms with E-state index in [-0.39, 0.29) is 23.3 Å². The molecule has 1 aromatic carbocycles. The number of fused-ring (bicyclic) bond motifs is 1. The number of ether oxygens (including phenoxy) is 1. The van der Waals surface area contributed by atoms with E-state index in [1.807, 2.05) is 24.3 Å². The molecule has 6 heteroatoms. The second-order valence-electron chi connectivity index (χ2n) is 4.57. The second-order valence-corrected chi connectivity index (χ2v) is 4.57. The molecular weight excluding hydrogens is 258 g/mol. The molecule has 2 aromatic rings. The predicted molar refractivity (Wildman–Crippen MR) is 71.8 cm³/mol. The standard InChI is InChI=1S/C14H13N3O3/c18-13-6-5-11(16-17-13)14(19)15-8-10-7-9-3-1-2-4-12(9)20-10/h1-6,10H,7-8H2,(H,15,19)(H,17,18). The fraction of sp³-hybridized carbons (Fsp3) is 0.214. The lowest BCUT2D eigenvalue weighted by Crippen LogP contribution is -2.35. The van der Waals surface area contributed by atoms with Gasteiger partial charge in [-0.05, 0) is 17.7 Å². The van der Waals surface area contributed by atoms with Crippen molar-refractivity contribution in [1.29, 1.82) is 0 Å². The van der Waals surface area contributed by atoms with E-state index in [0.29, 0.717) is 6.54 Å². The number of carbonyl (C=O) groups excluding carboxylic acids is 1. The lowest BCUT2D eigenvalue weighted by molar-refractivity contribution is 0.0927. The van der Waals surface area contributed by atoms with Gasteiger partial charge >= 0.3 is 0 Å². The highest BCUT2D eigenvalue weighted by atomic mass is 16.5. The van der Waals surface area contributed by atoms with Crippen LogP contribution in [-0.4, -0.2) is 28.8 Å². The van der Waals surface area contributed by atoms with Gasteiger partial charge in [0.1, 0.15) is 17.5 Å². The van der Waals surface area contributed by atoms with Crippen LogP contribution in [0.1, 0.15) is 16.1 Å². The Morgan fingerprint density at radius 2 is 2.20 bits per heavy atom. The summed E-state index contributed by atoms with van der Waals surface area (Å²) in [5.41, 5.74) is 0.991. The van der Waals surface area contributed by atoms with E-state index in [2.05, 4.69) is 15.5 Å². The maximum Gasteiger partial charge on any atom is 0.271 e. The summed E-state index contributed by atoms with van der Waals surface area (Å²) < 4.78 is 5.72. The Hall–Kier alpha value is -2.63. The molecular formula is C14H13N3O3. The number of benzene rings is 1. The minimum Gasteiger partial charge on any atom is -0.488 e. The van der Waals surface area contributed by atoms with Crippen molar-refractivity contribution in [3.05, 3.63) is 58.0 Å². The molecule has 0 aliphatic carbocycles. The van der Waals surface area contributed by atoms with Crippen LogP contribution in [0.4, 0.5) is 0 Å². The Kier molecular flexibility index (Phi) is 3.20. The first kappa shape index (κ1) is 12.4. The summed E-state index contributed by atoms with van der Waals surface area (Å²) in [7, 11) is 0. The van der Waals surface area contributed by atoms with Crippen molar-refractivity contribution in [2.24, 2.45) is 0 Å². The average Bonchev–Trinajstić information content (AvgIpc) is 2.88. The van der Waals surface area contributed by atoms with Gasteiger partial charge in [-0.15, -0.1) is 0 Å². The maximum absolute atomic E-state index is 11.8. The minimum atomic E-state index is -0.337. The van der Waals surface area contributed by atoms with E-state index in [4.69, 9.17) is 4.74 Å². The number of aromatic amines is 1. The molecule has 0 fully saturated rings. The number of carbonyl (C=O) groups is 1. The molecule has 0 saturated carbocycles. The van der Waals surface area contributed by atoms with Gasteiger partial charge in [-0.3, -0.25) is 9.59 Å². The number of para-hydroxylation sites is 1. The average molecular weight is 271 g/mol. The number of rotatable bonds is 3. The molecule has 1 aliphatic rings. The van der Waals surface area contributed by atoms with Gasteiger partial charge in [-0.25, -0.2) is 5.10 Å². The molecule has 20 heavy (non-hydrogen) atoms. The van der Waals surface area contributed by atoms with Crippen LogP contribution in [0, 0.1) is 0 Å². The molecule has 0 bridgehead atoms. The van der Waals surface area contributed by atoms with Gasteiger partial charge in [0.25, 0.3) is 11.5 Å². The summed E-state index contributed by atoms with van der Waals surface area (Å²) in [6.07, 6.45) is 0.703. The van der Waals surface area contributed by atoms with Gasteiger partial charge in [0, 0.05) is 12.5 Å². The fourth-order valence-electron chi connectivity index (χ4n) is 2.14. The summed E-state index contributed by atoms with van der Waals surface area (Å²) in [6, 6.07) is 10.5. The van der Waals surface area contributed by atoms with Crippen LogP contribution in [0.2, 0.25) is 0 Å². The van der Waals surface area contributed by atoms with Crippen molar-refractivity contribution in [3.8, 4) is 5.75 Å². The number of hydrogen-bond donors (Lipinski definition) is 2. The molecule has 2 N–H and O–H groups in total. The summed E-state index contributed by atoms with van der Waals surface area (Å²) in [4.78, 5) is 22.7. The van der Waals surface area contributed by atoms with Crippen molar-refractivity contribution in [1.82, 2.24) is 15.5 Å². The lowest BCUT2D eigenvalue weighted by atomic mass is 10.1. The number of H-pyrrole nitrogens is 1. The Balaban J connectivity index is 1.57. The third kappa shape index (κ3) is 2.54. The Labute approximate surface area is 114 Å². The molecule has 0 saturated heterocycles. The van der Waals surface area contributed by atoms with Crippen LogP contribution >= 0.6 is 0 Å². The van der Waals surface area contributed by atoms with Crippen molar-refractivity contribution in [3.63, 3.8) is 0 Å². The Morgan fingerprint density at radius 3 is 2.95 bits per heavy atom. The first-order valence-electron chi connectivity index (χ1n) is 6.31. The van der Waals surface area contributed by atoms with E-state index < -0.39 is 0 Å². The molecule has 1 unspecified atom stereocenters. The van der Waals surface area contributed by atoms with E-state index in [1.54, 1.807) is 0 Å². The van der Waals surface area contributed by atoms with Crippen molar-refractivity contribution in [2.75, 3.05) is 6.54 Å². The lowest BCUT2D eigenvalue weighted by Gasteiger charge is -2.11. The summed E-state index contributed by atoms with van der Waals surface area (Å²) >= 11 is 0.